The monoisotopic (exact) mass is 460 g/mol. The molecule has 0 radical (unpaired) electrons. The summed E-state index contributed by atoms with van der Waals surface area (Å²) in [4.78, 5) is 5.02. The Balaban J connectivity index is 2.01. The number of aryl methyl sites for hydroxylation is 5. The van der Waals surface area contributed by atoms with Gasteiger partial charge in [0, 0.05) is 23.8 Å². The van der Waals surface area contributed by atoms with Crippen LogP contribution in [0.15, 0.2) is 36.7 Å². The second-order valence-corrected chi connectivity index (χ2v) is 10.3. The minimum atomic E-state index is 0.563. The highest BCUT2D eigenvalue weighted by atomic mass is 15.3. The molecule has 1 unspecified atom stereocenters. The van der Waals surface area contributed by atoms with Gasteiger partial charge in [0.15, 0.2) is 0 Å². The van der Waals surface area contributed by atoms with E-state index >= 15 is 0 Å². The molecule has 2 aromatic carbocycles. The third kappa shape index (κ3) is 5.88. The summed E-state index contributed by atoms with van der Waals surface area (Å²) in [6, 6.07) is 9.90. The van der Waals surface area contributed by atoms with E-state index in [1.165, 1.54) is 83.3 Å². The Morgan fingerprint density at radius 3 is 1.68 bits per heavy atom. The van der Waals surface area contributed by atoms with Crippen molar-refractivity contribution < 1.29 is 0 Å². The SMILES string of the molecule is CCCc1cc(CCC)c(N2C=CN(c3c(C)cc(CCC)cc3C(C)CC)C2)c(CCC)c1. The van der Waals surface area contributed by atoms with Crippen LogP contribution >= 0.6 is 0 Å². The van der Waals surface area contributed by atoms with Gasteiger partial charge in [0.2, 0.25) is 0 Å². The lowest BCUT2D eigenvalue weighted by atomic mass is 9.91. The summed E-state index contributed by atoms with van der Waals surface area (Å²) in [6.07, 6.45) is 15.2. The highest BCUT2D eigenvalue weighted by molar-refractivity contribution is 5.70. The Labute approximate surface area is 210 Å². The van der Waals surface area contributed by atoms with Crippen LogP contribution in [0.5, 0.6) is 0 Å². The van der Waals surface area contributed by atoms with E-state index in [4.69, 9.17) is 0 Å². The summed E-state index contributed by atoms with van der Waals surface area (Å²) >= 11 is 0. The van der Waals surface area contributed by atoms with Gasteiger partial charge in [-0.25, -0.2) is 0 Å². The van der Waals surface area contributed by atoms with Crippen molar-refractivity contribution >= 4 is 11.4 Å². The number of hydrogen-bond donors (Lipinski definition) is 0. The fourth-order valence-electron chi connectivity index (χ4n) is 5.57. The first-order chi connectivity index (χ1) is 16.5. The number of rotatable bonds is 12. The van der Waals surface area contributed by atoms with Gasteiger partial charge in [-0.1, -0.05) is 91.5 Å². The van der Waals surface area contributed by atoms with Crippen LogP contribution in [0.1, 0.15) is 113 Å². The third-order valence-electron chi connectivity index (χ3n) is 7.28. The van der Waals surface area contributed by atoms with Crippen molar-refractivity contribution in [2.24, 2.45) is 0 Å². The Hall–Kier alpha value is -2.22. The minimum Gasteiger partial charge on any atom is -0.328 e. The Bertz CT molecular complexity index is 944. The van der Waals surface area contributed by atoms with Gasteiger partial charge in [0.05, 0.1) is 6.67 Å². The maximum atomic E-state index is 2.52. The lowest BCUT2D eigenvalue weighted by Gasteiger charge is -2.30. The second kappa shape index (κ2) is 12.5. The van der Waals surface area contributed by atoms with Crippen LogP contribution in [0.4, 0.5) is 11.4 Å². The van der Waals surface area contributed by atoms with Crippen molar-refractivity contribution in [1.82, 2.24) is 0 Å². The summed E-state index contributed by atoms with van der Waals surface area (Å²) in [7, 11) is 0. The molecule has 0 spiro atoms. The van der Waals surface area contributed by atoms with Gasteiger partial charge in [0.25, 0.3) is 0 Å². The Morgan fingerprint density at radius 1 is 0.676 bits per heavy atom. The zero-order valence-corrected chi connectivity index (χ0v) is 23.0. The highest BCUT2D eigenvalue weighted by Gasteiger charge is 2.25. The lowest BCUT2D eigenvalue weighted by Crippen LogP contribution is -2.28. The van der Waals surface area contributed by atoms with E-state index in [1.54, 1.807) is 0 Å². The lowest BCUT2D eigenvalue weighted by molar-refractivity contribution is 0.726. The molecule has 2 nitrogen and oxygen atoms in total. The van der Waals surface area contributed by atoms with Crippen LogP contribution in [0.3, 0.4) is 0 Å². The van der Waals surface area contributed by atoms with Crippen LogP contribution in [0, 0.1) is 6.92 Å². The second-order valence-electron chi connectivity index (χ2n) is 10.3. The molecule has 1 atom stereocenters. The fourth-order valence-corrected chi connectivity index (χ4v) is 5.57. The molecule has 1 aliphatic rings. The minimum absolute atomic E-state index is 0.563. The van der Waals surface area contributed by atoms with Crippen molar-refractivity contribution in [2.45, 2.75) is 112 Å². The molecule has 0 N–H and O–H groups in total. The molecule has 0 saturated carbocycles. The Morgan fingerprint density at radius 2 is 1.18 bits per heavy atom. The van der Waals surface area contributed by atoms with Gasteiger partial charge >= 0.3 is 0 Å². The van der Waals surface area contributed by atoms with E-state index in [9.17, 15) is 0 Å². The summed E-state index contributed by atoms with van der Waals surface area (Å²) in [5.74, 6) is 0.563. The van der Waals surface area contributed by atoms with Crippen molar-refractivity contribution in [3.05, 3.63) is 70.0 Å². The first-order valence-corrected chi connectivity index (χ1v) is 14.0. The Kier molecular flexibility index (Phi) is 9.68. The van der Waals surface area contributed by atoms with E-state index in [0.29, 0.717) is 5.92 Å². The van der Waals surface area contributed by atoms with Gasteiger partial charge < -0.3 is 9.80 Å². The van der Waals surface area contributed by atoms with Crippen LogP contribution in [-0.4, -0.2) is 6.67 Å². The fraction of sp³-hybridized carbons (Fsp3) is 0.562. The summed E-state index contributed by atoms with van der Waals surface area (Å²) < 4.78 is 0. The van der Waals surface area contributed by atoms with E-state index in [0.717, 1.165) is 25.9 Å². The molecule has 3 rings (SSSR count). The average molecular weight is 461 g/mol. The maximum absolute atomic E-state index is 2.52. The number of benzene rings is 2. The zero-order valence-electron chi connectivity index (χ0n) is 23.0. The molecule has 0 aliphatic carbocycles. The quantitative estimate of drug-likeness (QED) is 0.311. The molecular weight excluding hydrogens is 412 g/mol. The van der Waals surface area contributed by atoms with Gasteiger partial charge in [-0.05, 0) is 78.3 Å². The van der Waals surface area contributed by atoms with E-state index in [1.807, 2.05) is 0 Å². The van der Waals surface area contributed by atoms with Crippen LogP contribution in [0.2, 0.25) is 0 Å². The van der Waals surface area contributed by atoms with E-state index in [-0.39, 0.29) is 0 Å². The molecule has 0 bridgehead atoms. The molecule has 0 fully saturated rings. The average Bonchev–Trinajstić information content (AvgIpc) is 3.28. The number of anilines is 2. The molecule has 0 aromatic heterocycles. The predicted molar refractivity (Wildman–Crippen MR) is 151 cm³/mol. The molecule has 1 heterocycles. The van der Waals surface area contributed by atoms with Gasteiger partial charge in [-0.3, -0.25) is 0 Å². The standard InChI is InChI=1S/C32H48N2/c1-8-13-26-19-25(7)31(30(22-26)24(6)12-5)33-17-18-34(23-33)32-28(15-10-3)20-27(14-9-2)21-29(32)16-11-4/h17-22,24H,8-16,23H2,1-7H3. The summed E-state index contributed by atoms with van der Waals surface area (Å²) in [5.41, 5.74) is 11.9. The first-order valence-electron chi connectivity index (χ1n) is 14.0. The molecule has 34 heavy (non-hydrogen) atoms. The van der Waals surface area contributed by atoms with Crippen LogP contribution in [0.25, 0.3) is 0 Å². The molecule has 0 amide bonds. The molecule has 2 heteroatoms. The van der Waals surface area contributed by atoms with Crippen molar-refractivity contribution in [2.75, 3.05) is 16.5 Å². The molecule has 186 valence electrons. The molecule has 1 aliphatic heterocycles. The molecule has 0 saturated heterocycles. The number of nitrogens with zero attached hydrogens (tertiary/aromatic N) is 2. The zero-order chi connectivity index (χ0) is 24.7. The van der Waals surface area contributed by atoms with Crippen molar-refractivity contribution in [3.63, 3.8) is 0 Å². The summed E-state index contributed by atoms with van der Waals surface area (Å²) in [5, 5.41) is 0. The first kappa shape index (κ1) is 26.4. The van der Waals surface area contributed by atoms with E-state index < -0.39 is 0 Å². The third-order valence-corrected chi connectivity index (χ3v) is 7.28. The summed E-state index contributed by atoms with van der Waals surface area (Å²) in [6.45, 7) is 17.1. The topological polar surface area (TPSA) is 6.48 Å². The van der Waals surface area contributed by atoms with Gasteiger partial charge in [-0.15, -0.1) is 0 Å². The maximum Gasteiger partial charge on any atom is 0.0989 e. The molecule has 2 aromatic rings. The van der Waals surface area contributed by atoms with Crippen molar-refractivity contribution in [3.8, 4) is 0 Å². The van der Waals surface area contributed by atoms with Crippen LogP contribution in [-0.2, 0) is 25.7 Å². The van der Waals surface area contributed by atoms with Gasteiger partial charge in [-0.2, -0.15) is 0 Å². The number of hydrogen-bond acceptors (Lipinski definition) is 2. The highest BCUT2D eigenvalue weighted by Crippen LogP contribution is 2.38. The van der Waals surface area contributed by atoms with Crippen LogP contribution < -0.4 is 9.80 Å². The van der Waals surface area contributed by atoms with Gasteiger partial charge in [0.1, 0.15) is 0 Å². The predicted octanol–water partition coefficient (Wildman–Crippen LogP) is 9.07. The van der Waals surface area contributed by atoms with E-state index in [2.05, 4.69) is 94.9 Å². The molecular formula is C32H48N2. The normalized spacial score (nSPS) is 14.3. The largest absolute Gasteiger partial charge is 0.328 e. The van der Waals surface area contributed by atoms with Crippen molar-refractivity contribution in [1.29, 1.82) is 0 Å². The smallest absolute Gasteiger partial charge is 0.0989 e.